The number of rotatable bonds is 5. The third-order valence-electron chi connectivity index (χ3n) is 2.76. The van der Waals surface area contributed by atoms with E-state index in [0.717, 1.165) is 0 Å². The topological polar surface area (TPSA) is 63.0 Å². The molecule has 2 aromatic rings. The Balaban J connectivity index is 1.66. The Labute approximate surface area is 120 Å². The molecule has 0 saturated heterocycles. The van der Waals surface area contributed by atoms with Crippen LogP contribution in [-0.4, -0.2) is 16.2 Å². The first-order valence-electron chi connectivity index (χ1n) is 5.98. The quantitative estimate of drug-likeness (QED) is 0.886. The molecule has 1 aliphatic carbocycles. The first kappa shape index (κ1) is 12.7. The molecule has 0 bridgehead atoms. The molecule has 5 nitrogen and oxygen atoms in total. The van der Waals surface area contributed by atoms with Gasteiger partial charge in [-0.25, -0.2) is 0 Å². The molecule has 7 heteroatoms. The fraction of sp³-hybridized carbons (Fsp3) is 0.333. The molecule has 3 rings (SSSR count). The molecule has 0 spiro atoms. The molecule has 1 heterocycles. The Kier molecular flexibility index (Phi) is 3.59. The number of nitrogens with zero attached hydrogens (tertiary/aromatic N) is 2. The number of anilines is 2. The number of aromatic nitrogens is 2. The van der Waals surface area contributed by atoms with Gasteiger partial charge in [-0.2, -0.15) is 0 Å². The van der Waals surface area contributed by atoms with E-state index in [-0.39, 0.29) is 0 Å². The van der Waals surface area contributed by atoms with Crippen molar-refractivity contribution in [2.75, 3.05) is 5.32 Å². The van der Waals surface area contributed by atoms with E-state index in [1.54, 1.807) is 18.2 Å². The SMILES string of the molecule is Clc1ccc(Cl)c(Nc2nnc(CNC3CC3)o2)c1. The lowest BCUT2D eigenvalue weighted by molar-refractivity contribution is 0.478. The van der Waals surface area contributed by atoms with E-state index in [2.05, 4.69) is 20.8 Å². The highest BCUT2D eigenvalue weighted by Crippen LogP contribution is 2.28. The van der Waals surface area contributed by atoms with Crippen LogP contribution >= 0.6 is 23.2 Å². The summed E-state index contributed by atoms with van der Waals surface area (Å²) in [4.78, 5) is 0. The maximum atomic E-state index is 6.04. The molecule has 1 fully saturated rings. The van der Waals surface area contributed by atoms with Gasteiger partial charge in [-0.3, -0.25) is 0 Å². The maximum Gasteiger partial charge on any atom is 0.320 e. The second-order valence-corrected chi connectivity index (χ2v) is 5.25. The van der Waals surface area contributed by atoms with E-state index in [4.69, 9.17) is 27.6 Å². The average molecular weight is 299 g/mol. The van der Waals surface area contributed by atoms with E-state index in [1.165, 1.54) is 12.8 Å². The highest BCUT2D eigenvalue weighted by molar-refractivity contribution is 6.35. The lowest BCUT2D eigenvalue weighted by Gasteiger charge is -2.04. The van der Waals surface area contributed by atoms with Crippen LogP contribution in [0.25, 0.3) is 0 Å². The molecule has 0 aliphatic heterocycles. The lowest BCUT2D eigenvalue weighted by Crippen LogP contribution is -2.15. The van der Waals surface area contributed by atoms with Crippen LogP contribution in [0.5, 0.6) is 0 Å². The molecular weight excluding hydrogens is 287 g/mol. The second-order valence-electron chi connectivity index (χ2n) is 4.41. The van der Waals surface area contributed by atoms with Crippen molar-refractivity contribution < 1.29 is 4.42 Å². The van der Waals surface area contributed by atoms with Gasteiger partial charge < -0.3 is 15.1 Å². The maximum absolute atomic E-state index is 6.04. The molecule has 0 atom stereocenters. The minimum Gasteiger partial charge on any atom is -0.406 e. The normalized spacial score (nSPS) is 14.6. The van der Waals surface area contributed by atoms with Crippen LogP contribution in [0.4, 0.5) is 11.7 Å². The Morgan fingerprint density at radius 1 is 1.26 bits per heavy atom. The summed E-state index contributed by atoms with van der Waals surface area (Å²) in [7, 11) is 0. The van der Waals surface area contributed by atoms with Gasteiger partial charge in [0.05, 0.1) is 17.3 Å². The summed E-state index contributed by atoms with van der Waals surface area (Å²) in [5.41, 5.74) is 0.638. The highest BCUT2D eigenvalue weighted by Gasteiger charge is 2.21. The van der Waals surface area contributed by atoms with Crippen LogP contribution in [0.15, 0.2) is 22.6 Å². The smallest absolute Gasteiger partial charge is 0.320 e. The van der Waals surface area contributed by atoms with Crippen LogP contribution in [0.3, 0.4) is 0 Å². The molecule has 0 radical (unpaired) electrons. The molecule has 0 amide bonds. The molecule has 1 aromatic carbocycles. The zero-order chi connectivity index (χ0) is 13.2. The third kappa shape index (κ3) is 3.37. The number of benzene rings is 1. The predicted octanol–water partition coefficient (Wildman–Crippen LogP) is 3.37. The summed E-state index contributed by atoms with van der Waals surface area (Å²) in [6.07, 6.45) is 2.44. The van der Waals surface area contributed by atoms with Crippen LogP contribution in [0, 0.1) is 0 Å². The fourth-order valence-electron chi connectivity index (χ4n) is 1.60. The summed E-state index contributed by atoms with van der Waals surface area (Å²) in [6.45, 7) is 0.586. The highest BCUT2D eigenvalue weighted by atomic mass is 35.5. The van der Waals surface area contributed by atoms with Crippen LogP contribution < -0.4 is 10.6 Å². The van der Waals surface area contributed by atoms with Crippen LogP contribution in [0.2, 0.25) is 10.0 Å². The van der Waals surface area contributed by atoms with E-state index in [0.29, 0.717) is 40.2 Å². The fourth-order valence-corrected chi connectivity index (χ4v) is 1.94. The second kappa shape index (κ2) is 5.36. The minimum atomic E-state index is 0.303. The molecule has 2 N–H and O–H groups in total. The standard InChI is InChI=1S/C12H12Cl2N4O/c13-7-1-4-9(14)10(5-7)16-12-18-17-11(19-12)6-15-8-2-3-8/h1,4-5,8,15H,2-3,6H2,(H,16,18). The monoisotopic (exact) mass is 298 g/mol. The molecule has 1 aromatic heterocycles. The van der Waals surface area contributed by atoms with Crippen molar-refractivity contribution in [1.29, 1.82) is 0 Å². The summed E-state index contributed by atoms with van der Waals surface area (Å²) < 4.78 is 5.46. The van der Waals surface area contributed by atoms with Gasteiger partial charge >= 0.3 is 6.01 Å². The van der Waals surface area contributed by atoms with Gasteiger partial charge in [-0.15, -0.1) is 5.10 Å². The Hall–Kier alpha value is -1.30. The summed E-state index contributed by atoms with van der Waals surface area (Å²) >= 11 is 11.9. The van der Waals surface area contributed by atoms with Crippen molar-refractivity contribution in [3.8, 4) is 0 Å². The Morgan fingerprint density at radius 3 is 2.89 bits per heavy atom. The first-order chi connectivity index (χ1) is 9.20. The van der Waals surface area contributed by atoms with Gasteiger partial charge in [0.25, 0.3) is 0 Å². The number of hydrogen-bond donors (Lipinski definition) is 2. The Morgan fingerprint density at radius 2 is 2.11 bits per heavy atom. The zero-order valence-corrected chi connectivity index (χ0v) is 11.5. The van der Waals surface area contributed by atoms with E-state index in [1.807, 2.05) is 0 Å². The summed E-state index contributed by atoms with van der Waals surface area (Å²) in [5, 5.41) is 15.2. The van der Waals surface area contributed by atoms with Crippen molar-refractivity contribution in [3.63, 3.8) is 0 Å². The minimum absolute atomic E-state index is 0.303. The van der Waals surface area contributed by atoms with Crippen molar-refractivity contribution in [3.05, 3.63) is 34.1 Å². The number of nitrogens with one attached hydrogen (secondary N) is 2. The van der Waals surface area contributed by atoms with Crippen LogP contribution in [-0.2, 0) is 6.54 Å². The van der Waals surface area contributed by atoms with Crippen molar-refractivity contribution >= 4 is 34.9 Å². The van der Waals surface area contributed by atoms with Gasteiger partial charge in [0, 0.05) is 11.1 Å². The first-order valence-corrected chi connectivity index (χ1v) is 6.74. The summed E-state index contributed by atoms with van der Waals surface area (Å²) in [5.74, 6) is 0.549. The lowest BCUT2D eigenvalue weighted by atomic mass is 10.3. The van der Waals surface area contributed by atoms with Crippen LogP contribution in [0.1, 0.15) is 18.7 Å². The number of hydrogen-bond acceptors (Lipinski definition) is 5. The van der Waals surface area contributed by atoms with Crippen molar-refractivity contribution in [2.45, 2.75) is 25.4 Å². The van der Waals surface area contributed by atoms with E-state index in [9.17, 15) is 0 Å². The largest absolute Gasteiger partial charge is 0.406 e. The third-order valence-corrected chi connectivity index (χ3v) is 3.32. The van der Waals surface area contributed by atoms with Gasteiger partial charge in [-0.1, -0.05) is 28.3 Å². The predicted molar refractivity (Wildman–Crippen MR) is 73.9 cm³/mol. The van der Waals surface area contributed by atoms with Gasteiger partial charge in [0.2, 0.25) is 5.89 Å². The van der Waals surface area contributed by atoms with Gasteiger partial charge in [0.15, 0.2) is 0 Å². The van der Waals surface area contributed by atoms with Crippen molar-refractivity contribution in [2.24, 2.45) is 0 Å². The molecular formula is C12H12Cl2N4O. The van der Waals surface area contributed by atoms with E-state index >= 15 is 0 Å². The van der Waals surface area contributed by atoms with Gasteiger partial charge in [0.1, 0.15) is 0 Å². The number of halogens is 2. The molecule has 1 saturated carbocycles. The molecule has 0 unspecified atom stereocenters. The average Bonchev–Trinajstić information content (AvgIpc) is 3.12. The van der Waals surface area contributed by atoms with Gasteiger partial charge in [-0.05, 0) is 31.0 Å². The summed E-state index contributed by atoms with van der Waals surface area (Å²) in [6, 6.07) is 6.03. The Bertz CT molecular complexity index is 583. The van der Waals surface area contributed by atoms with E-state index < -0.39 is 0 Å². The van der Waals surface area contributed by atoms with Crippen molar-refractivity contribution in [1.82, 2.24) is 15.5 Å². The zero-order valence-electron chi connectivity index (χ0n) is 9.99. The molecule has 100 valence electrons. The molecule has 19 heavy (non-hydrogen) atoms. The molecule has 1 aliphatic rings.